The van der Waals surface area contributed by atoms with Gasteiger partial charge in [0.25, 0.3) is 0 Å². The molecule has 3 rings (SSSR count). The summed E-state index contributed by atoms with van der Waals surface area (Å²) in [6, 6.07) is 4.77. The zero-order valence-corrected chi connectivity index (χ0v) is 9.68. The molecule has 5 heteroatoms. The number of carbonyl (C=O) groups excluding carboxylic acids is 1. The predicted octanol–water partition coefficient (Wildman–Crippen LogP) is 1.53. The number of fused-ring (bicyclic) bond motifs is 1. The first-order chi connectivity index (χ1) is 8.68. The van der Waals surface area contributed by atoms with Gasteiger partial charge in [-0.1, -0.05) is 0 Å². The number of nitrogen functional groups attached to an aromatic ring is 1. The molecule has 0 radical (unpaired) electrons. The Morgan fingerprint density at radius 2 is 2.11 bits per heavy atom. The monoisotopic (exact) mass is 244 g/mol. The van der Waals surface area contributed by atoms with Crippen LogP contribution in [0.2, 0.25) is 0 Å². The Morgan fingerprint density at radius 1 is 1.28 bits per heavy atom. The number of Topliss-reactive ketones (excluding diaryl/α,β-unsaturated/α-hetero) is 1. The highest BCUT2D eigenvalue weighted by molar-refractivity contribution is 5.98. The quantitative estimate of drug-likeness (QED) is 0.825. The van der Waals surface area contributed by atoms with Crippen molar-refractivity contribution in [3.05, 3.63) is 45.9 Å². The third kappa shape index (κ3) is 1.48. The fourth-order valence-corrected chi connectivity index (χ4v) is 2.41. The number of ketones is 1. The van der Waals surface area contributed by atoms with E-state index in [1.165, 1.54) is 12.3 Å². The molecular formula is C13H12N2O3. The summed E-state index contributed by atoms with van der Waals surface area (Å²) < 4.78 is 6.96. The van der Waals surface area contributed by atoms with Crippen LogP contribution in [0.1, 0.15) is 28.9 Å². The minimum Gasteiger partial charge on any atom is -0.448 e. The van der Waals surface area contributed by atoms with Crippen LogP contribution in [0.3, 0.4) is 0 Å². The molecule has 0 atom stereocenters. The average Bonchev–Trinajstić information content (AvgIpc) is 2.82. The van der Waals surface area contributed by atoms with Gasteiger partial charge in [-0.3, -0.25) is 14.2 Å². The molecule has 2 aromatic rings. The van der Waals surface area contributed by atoms with Crippen LogP contribution >= 0.6 is 0 Å². The summed E-state index contributed by atoms with van der Waals surface area (Å²) in [5.74, 6) is 0.711. The lowest BCUT2D eigenvalue weighted by atomic mass is 9.94. The van der Waals surface area contributed by atoms with Gasteiger partial charge in [0.15, 0.2) is 11.2 Å². The van der Waals surface area contributed by atoms with Gasteiger partial charge < -0.3 is 10.2 Å². The second kappa shape index (κ2) is 3.87. The van der Waals surface area contributed by atoms with Crippen LogP contribution in [0.4, 0.5) is 5.82 Å². The molecule has 0 amide bonds. The Balaban J connectivity index is 2.36. The number of nitrogens with zero attached hydrogens (tertiary/aromatic N) is 1. The maximum absolute atomic E-state index is 11.9. The Hall–Kier alpha value is -2.30. The van der Waals surface area contributed by atoms with Crippen molar-refractivity contribution >= 4 is 11.6 Å². The van der Waals surface area contributed by atoms with E-state index in [4.69, 9.17) is 10.2 Å². The van der Waals surface area contributed by atoms with Gasteiger partial charge in [-0.2, -0.15) is 0 Å². The molecule has 0 unspecified atom stereocenters. The van der Waals surface area contributed by atoms with Crippen molar-refractivity contribution in [2.24, 2.45) is 0 Å². The molecule has 0 saturated carbocycles. The van der Waals surface area contributed by atoms with E-state index >= 15 is 0 Å². The Labute approximate surface area is 103 Å². The number of hydrogen-bond donors (Lipinski definition) is 1. The van der Waals surface area contributed by atoms with Crippen molar-refractivity contribution in [2.45, 2.75) is 19.3 Å². The van der Waals surface area contributed by atoms with E-state index in [0.29, 0.717) is 30.2 Å². The highest BCUT2D eigenvalue weighted by Crippen LogP contribution is 2.24. The van der Waals surface area contributed by atoms with E-state index in [1.807, 2.05) is 0 Å². The standard InChI is InChI=1S/C13H12N2O3/c14-11-7-10(17)13-8(3-1-4-9(13)16)15(11)12-5-2-6-18-12/h2,5-7H,1,3-4,14H2. The fourth-order valence-electron chi connectivity index (χ4n) is 2.41. The molecule has 5 nitrogen and oxygen atoms in total. The Morgan fingerprint density at radius 3 is 2.83 bits per heavy atom. The minimum atomic E-state index is -0.296. The van der Waals surface area contributed by atoms with Gasteiger partial charge in [0, 0.05) is 24.2 Å². The van der Waals surface area contributed by atoms with Crippen molar-refractivity contribution in [1.29, 1.82) is 0 Å². The molecule has 92 valence electrons. The molecule has 0 spiro atoms. The number of carbonyl (C=O) groups is 1. The van der Waals surface area contributed by atoms with Crippen molar-refractivity contribution < 1.29 is 9.21 Å². The zero-order chi connectivity index (χ0) is 12.7. The Kier molecular flexibility index (Phi) is 2.33. The largest absolute Gasteiger partial charge is 0.448 e. The van der Waals surface area contributed by atoms with Gasteiger partial charge in [-0.25, -0.2) is 0 Å². The van der Waals surface area contributed by atoms with E-state index in [-0.39, 0.29) is 16.8 Å². The molecule has 0 fully saturated rings. The van der Waals surface area contributed by atoms with Gasteiger partial charge in [0.05, 0.1) is 11.8 Å². The van der Waals surface area contributed by atoms with Gasteiger partial charge in [0.2, 0.25) is 5.88 Å². The van der Waals surface area contributed by atoms with Crippen LogP contribution in [0.5, 0.6) is 0 Å². The van der Waals surface area contributed by atoms with Gasteiger partial charge in [-0.05, 0) is 18.9 Å². The van der Waals surface area contributed by atoms with Gasteiger partial charge in [0.1, 0.15) is 5.82 Å². The second-order valence-corrected chi connectivity index (χ2v) is 4.32. The van der Waals surface area contributed by atoms with E-state index in [0.717, 1.165) is 6.42 Å². The lowest BCUT2D eigenvalue weighted by Crippen LogP contribution is -2.27. The molecule has 1 aliphatic rings. The highest BCUT2D eigenvalue weighted by Gasteiger charge is 2.25. The minimum absolute atomic E-state index is 0.110. The number of furan rings is 1. The van der Waals surface area contributed by atoms with Gasteiger partial charge in [-0.15, -0.1) is 0 Å². The maximum Gasteiger partial charge on any atom is 0.205 e. The molecule has 1 aliphatic carbocycles. The molecule has 0 aliphatic heterocycles. The zero-order valence-electron chi connectivity index (χ0n) is 9.68. The normalized spacial score (nSPS) is 14.6. The SMILES string of the molecule is Nc1cc(=O)c2c(n1-c1ccco1)CCCC2=O. The first kappa shape index (κ1) is 10.8. The van der Waals surface area contributed by atoms with Crippen LogP contribution < -0.4 is 11.2 Å². The summed E-state index contributed by atoms with van der Waals surface area (Å²) in [6.07, 6.45) is 3.34. The van der Waals surface area contributed by atoms with Crippen LogP contribution in [0, 0.1) is 0 Å². The molecule has 2 heterocycles. The number of hydrogen-bond acceptors (Lipinski definition) is 4. The maximum atomic E-state index is 11.9. The molecule has 0 saturated heterocycles. The highest BCUT2D eigenvalue weighted by atomic mass is 16.3. The molecule has 2 aromatic heterocycles. The summed E-state index contributed by atoms with van der Waals surface area (Å²) in [5, 5.41) is 0. The third-order valence-electron chi connectivity index (χ3n) is 3.16. The molecule has 0 aromatic carbocycles. The number of anilines is 1. The molecular weight excluding hydrogens is 232 g/mol. The fraction of sp³-hybridized carbons (Fsp3) is 0.231. The van der Waals surface area contributed by atoms with Crippen LogP contribution in [-0.2, 0) is 6.42 Å². The molecule has 18 heavy (non-hydrogen) atoms. The summed E-state index contributed by atoms with van der Waals surface area (Å²) in [7, 11) is 0. The third-order valence-corrected chi connectivity index (χ3v) is 3.16. The van der Waals surface area contributed by atoms with Crippen molar-refractivity contribution in [1.82, 2.24) is 4.57 Å². The van der Waals surface area contributed by atoms with Crippen molar-refractivity contribution in [2.75, 3.05) is 5.73 Å². The first-order valence-electron chi connectivity index (χ1n) is 5.80. The smallest absolute Gasteiger partial charge is 0.205 e. The van der Waals surface area contributed by atoms with Crippen LogP contribution in [0.25, 0.3) is 5.88 Å². The van der Waals surface area contributed by atoms with Crippen LogP contribution in [-0.4, -0.2) is 10.4 Å². The summed E-state index contributed by atoms with van der Waals surface area (Å²) in [6.45, 7) is 0. The van der Waals surface area contributed by atoms with E-state index in [9.17, 15) is 9.59 Å². The summed E-state index contributed by atoms with van der Waals surface area (Å²) >= 11 is 0. The predicted molar refractivity (Wildman–Crippen MR) is 66.0 cm³/mol. The van der Waals surface area contributed by atoms with E-state index in [1.54, 1.807) is 16.7 Å². The average molecular weight is 244 g/mol. The van der Waals surface area contributed by atoms with E-state index in [2.05, 4.69) is 0 Å². The molecule has 0 bridgehead atoms. The first-order valence-corrected chi connectivity index (χ1v) is 5.80. The number of pyridine rings is 1. The topological polar surface area (TPSA) is 78.2 Å². The second-order valence-electron chi connectivity index (χ2n) is 4.32. The lowest BCUT2D eigenvalue weighted by Gasteiger charge is -2.20. The van der Waals surface area contributed by atoms with Crippen molar-refractivity contribution in [3.63, 3.8) is 0 Å². The summed E-state index contributed by atoms with van der Waals surface area (Å²) in [5.41, 5.74) is 6.49. The summed E-state index contributed by atoms with van der Waals surface area (Å²) in [4.78, 5) is 23.7. The molecule has 2 N–H and O–H groups in total. The Bertz CT molecular complexity index is 668. The number of aromatic nitrogens is 1. The van der Waals surface area contributed by atoms with Gasteiger partial charge >= 0.3 is 0 Å². The lowest BCUT2D eigenvalue weighted by molar-refractivity contribution is 0.0970. The number of nitrogens with two attached hydrogens (primary N) is 1. The van der Waals surface area contributed by atoms with Crippen molar-refractivity contribution in [3.8, 4) is 5.88 Å². The number of rotatable bonds is 1. The van der Waals surface area contributed by atoms with E-state index < -0.39 is 0 Å². The van der Waals surface area contributed by atoms with Crippen LogP contribution in [0.15, 0.2) is 33.7 Å².